The zero-order valence-corrected chi connectivity index (χ0v) is 11.6. The summed E-state index contributed by atoms with van der Waals surface area (Å²) >= 11 is 0. The minimum Gasteiger partial charge on any atom is -0.397 e. The summed E-state index contributed by atoms with van der Waals surface area (Å²) in [5, 5.41) is 12.3. The summed E-state index contributed by atoms with van der Waals surface area (Å²) in [6.45, 7) is 9.69. The molecule has 0 amide bonds. The molecule has 0 spiro atoms. The van der Waals surface area contributed by atoms with Crippen molar-refractivity contribution in [2.75, 3.05) is 17.6 Å². The molecule has 0 radical (unpaired) electrons. The van der Waals surface area contributed by atoms with Crippen molar-refractivity contribution in [1.29, 1.82) is 5.26 Å². The summed E-state index contributed by atoms with van der Waals surface area (Å²) in [5.41, 5.74) is 6.63. The predicted molar refractivity (Wildman–Crippen MR) is 75.0 cm³/mol. The summed E-state index contributed by atoms with van der Waals surface area (Å²) in [5.74, 6) is 2.36. The topological polar surface area (TPSA) is 74.7 Å². The van der Waals surface area contributed by atoms with Gasteiger partial charge in [0.1, 0.15) is 11.9 Å². The van der Waals surface area contributed by atoms with Gasteiger partial charge >= 0.3 is 0 Å². The summed E-state index contributed by atoms with van der Waals surface area (Å²) in [4.78, 5) is 4.18. The average Bonchev–Trinajstić information content (AvgIpc) is 2.30. The molecule has 0 unspecified atom stereocenters. The van der Waals surface area contributed by atoms with Crippen molar-refractivity contribution in [3.8, 4) is 6.07 Å². The molecule has 0 atom stereocenters. The van der Waals surface area contributed by atoms with Crippen LogP contribution in [0.1, 0.15) is 33.3 Å². The maximum absolute atomic E-state index is 9.04. The number of hydrogen-bond donors (Lipinski definition) is 2. The first-order chi connectivity index (χ1) is 8.45. The Labute approximate surface area is 109 Å². The molecule has 18 heavy (non-hydrogen) atoms. The SMILES string of the molecule is CC(C)C(CNc1ncc(N)cc1C#N)C(C)C. The Bertz CT molecular complexity index is 424. The molecule has 1 aromatic heterocycles. The Morgan fingerprint density at radius 1 is 1.33 bits per heavy atom. The number of nitrogens with two attached hydrogens (primary N) is 1. The lowest BCUT2D eigenvalue weighted by molar-refractivity contribution is 0.304. The van der Waals surface area contributed by atoms with Crippen LogP contribution < -0.4 is 11.1 Å². The molecule has 4 nitrogen and oxygen atoms in total. The first kappa shape index (κ1) is 14.3. The van der Waals surface area contributed by atoms with E-state index in [0.717, 1.165) is 6.54 Å². The van der Waals surface area contributed by atoms with Crippen LogP contribution in [0.2, 0.25) is 0 Å². The van der Waals surface area contributed by atoms with E-state index in [1.54, 1.807) is 12.3 Å². The van der Waals surface area contributed by atoms with Crippen LogP contribution in [0.4, 0.5) is 11.5 Å². The maximum Gasteiger partial charge on any atom is 0.144 e. The fourth-order valence-electron chi connectivity index (χ4n) is 2.16. The summed E-state index contributed by atoms with van der Waals surface area (Å²) < 4.78 is 0. The van der Waals surface area contributed by atoms with Crippen LogP contribution in [0.5, 0.6) is 0 Å². The quantitative estimate of drug-likeness (QED) is 0.837. The van der Waals surface area contributed by atoms with E-state index in [1.165, 1.54) is 0 Å². The van der Waals surface area contributed by atoms with E-state index in [1.807, 2.05) is 0 Å². The van der Waals surface area contributed by atoms with Gasteiger partial charge in [-0.1, -0.05) is 27.7 Å². The largest absolute Gasteiger partial charge is 0.397 e. The van der Waals surface area contributed by atoms with Gasteiger partial charge < -0.3 is 11.1 Å². The smallest absolute Gasteiger partial charge is 0.144 e. The summed E-state index contributed by atoms with van der Waals surface area (Å²) in [7, 11) is 0. The second-order valence-electron chi connectivity index (χ2n) is 5.31. The van der Waals surface area contributed by atoms with Gasteiger partial charge in [0.25, 0.3) is 0 Å². The lowest BCUT2D eigenvalue weighted by Gasteiger charge is -2.25. The minimum atomic E-state index is 0.501. The van der Waals surface area contributed by atoms with Gasteiger partial charge in [-0.2, -0.15) is 5.26 Å². The number of nitrogens with zero attached hydrogens (tertiary/aromatic N) is 2. The van der Waals surface area contributed by atoms with E-state index in [-0.39, 0.29) is 0 Å². The molecule has 0 aromatic carbocycles. The van der Waals surface area contributed by atoms with Gasteiger partial charge in [0.2, 0.25) is 0 Å². The summed E-state index contributed by atoms with van der Waals surface area (Å²) in [6.07, 6.45) is 1.57. The molecule has 0 aliphatic carbocycles. The first-order valence-corrected chi connectivity index (χ1v) is 6.35. The van der Waals surface area contributed by atoms with Crippen LogP contribution in [-0.4, -0.2) is 11.5 Å². The Balaban J connectivity index is 2.77. The van der Waals surface area contributed by atoms with Gasteiger partial charge in [-0.05, 0) is 23.8 Å². The molecule has 3 N–H and O–H groups in total. The third-order valence-electron chi connectivity index (χ3n) is 3.25. The molecule has 0 saturated carbocycles. The molecule has 0 aliphatic rings. The number of nitriles is 1. The van der Waals surface area contributed by atoms with Gasteiger partial charge in [-0.15, -0.1) is 0 Å². The van der Waals surface area contributed by atoms with Crippen molar-refractivity contribution in [3.05, 3.63) is 17.8 Å². The zero-order chi connectivity index (χ0) is 13.7. The number of nitrogens with one attached hydrogen (secondary N) is 1. The van der Waals surface area contributed by atoms with Crippen molar-refractivity contribution >= 4 is 11.5 Å². The van der Waals surface area contributed by atoms with Crippen LogP contribution in [0.25, 0.3) is 0 Å². The highest BCUT2D eigenvalue weighted by Crippen LogP contribution is 2.22. The van der Waals surface area contributed by atoms with E-state index in [2.05, 4.69) is 44.1 Å². The Hall–Kier alpha value is -1.76. The number of pyridine rings is 1. The number of rotatable bonds is 5. The van der Waals surface area contributed by atoms with Gasteiger partial charge in [0.05, 0.1) is 17.4 Å². The van der Waals surface area contributed by atoms with Gasteiger partial charge in [0.15, 0.2) is 0 Å². The Morgan fingerprint density at radius 2 is 1.94 bits per heavy atom. The molecule has 4 heteroatoms. The molecule has 0 aliphatic heterocycles. The molecule has 0 bridgehead atoms. The molecule has 0 saturated heterocycles. The monoisotopic (exact) mass is 246 g/mol. The molecule has 1 rings (SSSR count). The lowest BCUT2D eigenvalue weighted by atomic mass is 9.85. The summed E-state index contributed by atoms with van der Waals surface area (Å²) in [6, 6.07) is 3.76. The predicted octanol–water partition coefficient (Wildman–Crippen LogP) is 2.88. The van der Waals surface area contributed by atoms with Crippen LogP contribution in [0, 0.1) is 29.1 Å². The van der Waals surface area contributed by atoms with E-state index in [9.17, 15) is 0 Å². The maximum atomic E-state index is 9.04. The van der Waals surface area contributed by atoms with Gasteiger partial charge in [-0.25, -0.2) is 4.98 Å². The number of hydrogen-bond acceptors (Lipinski definition) is 4. The van der Waals surface area contributed by atoms with Crippen molar-refractivity contribution in [3.63, 3.8) is 0 Å². The standard InChI is InChI=1S/C14H22N4/c1-9(2)13(10(3)4)8-18-14-11(6-15)5-12(16)7-17-14/h5,7,9-10,13H,8,16H2,1-4H3,(H,17,18). The molecular weight excluding hydrogens is 224 g/mol. The normalized spacial score (nSPS) is 11.0. The third-order valence-corrected chi connectivity index (χ3v) is 3.25. The minimum absolute atomic E-state index is 0.501. The zero-order valence-electron chi connectivity index (χ0n) is 11.6. The van der Waals surface area contributed by atoms with Crippen LogP contribution in [0.3, 0.4) is 0 Å². The highest BCUT2D eigenvalue weighted by molar-refractivity contribution is 5.57. The van der Waals surface area contributed by atoms with Crippen molar-refractivity contribution in [2.45, 2.75) is 27.7 Å². The number of anilines is 2. The fourth-order valence-corrected chi connectivity index (χ4v) is 2.16. The van der Waals surface area contributed by atoms with Crippen LogP contribution >= 0.6 is 0 Å². The average molecular weight is 246 g/mol. The second kappa shape index (κ2) is 6.25. The van der Waals surface area contributed by atoms with E-state index in [0.29, 0.717) is 34.8 Å². The van der Waals surface area contributed by atoms with E-state index < -0.39 is 0 Å². The number of nitrogen functional groups attached to an aromatic ring is 1. The highest BCUT2D eigenvalue weighted by Gasteiger charge is 2.17. The molecule has 98 valence electrons. The molecular formula is C14H22N4. The first-order valence-electron chi connectivity index (χ1n) is 6.35. The Morgan fingerprint density at radius 3 is 2.44 bits per heavy atom. The van der Waals surface area contributed by atoms with Crippen molar-refractivity contribution in [2.24, 2.45) is 17.8 Å². The molecule has 0 fully saturated rings. The van der Waals surface area contributed by atoms with Gasteiger partial charge in [-0.3, -0.25) is 0 Å². The fraction of sp³-hybridized carbons (Fsp3) is 0.571. The van der Waals surface area contributed by atoms with E-state index >= 15 is 0 Å². The van der Waals surface area contributed by atoms with Crippen LogP contribution in [-0.2, 0) is 0 Å². The molecule has 1 heterocycles. The third kappa shape index (κ3) is 3.63. The Kier molecular flexibility index (Phi) is 4.96. The van der Waals surface area contributed by atoms with Gasteiger partial charge in [0, 0.05) is 6.54 Å². The van der Waals surface area contributed by atoms with Crippen molar-refractivity contribution < 1.29 is 0 Å². The highest BCUT2D eigenvalue weighted by atomic mass is 15.0. The lowest BCUT2D eigenvalue weighted by Crippen LogP contribution is -2.25. The number of aromatic nitrogens is 1. The van der Waals surface area contributed by atoms with Crippen LogP contribution in [0.15, 0.2) is 12.3 Å². The van der Waals surface area contributed by atoms with E-state index in [4.69, 9.17) is 11.0 Å². The second-order valence-corrected chi connectivity index (χ2v) is 5.31. The molecule has 1 aromatic rings. The van der Waals surface area contributed by atoms with Crippen molar-refractivity contribution in [1.82, 2.24) is 4.98 Å².